The minimum Gasteiger partial charge on any atom is -0.321 e. The van der Waals surface area contributed by atoms with Gasteiger partial charge in [-0.2, -0.15) is 0 Å². The van der Waals surface area contributed by atoms with Gasteiger partial charge in [0.15, 0.2) is 5.78 Å². The number of anilines is 1. The summed E-state index contributed by atoms with van der Waals surface area (Å²) < 4.78 is 13.3. The molecule has 2 amide bonds. The predicted octanol–water partition coefficient (Wildman–Crippen LogP) is 6.21. The van der Waals surface area contributed by atoms with Crippen LogP contribution < -0.4 is 10.6 Å². The first-order valence-electron chi connectivity index (χ1n) is 11.4. The van der Waals surface area contributed by atoms with Crippen molar-refractivity contribution in [1.29, 1.82) is 0 Å². The zero-order valence-electron chi connectivity index (χ0n) is 19.7. The number of amides is 2. The molecular weight excluding hydrogens is 487 g/mol. The topological polar surface area (TPSA) is 75.3 Å². The van der Waals surface area contributed by atoms with Gasteiger partial charge in [0, 0.05) is 21.7 Å². The van der Waals surface area contributed by atoms with Crippen molar-refractivity contribution in [2.75, 3.05) is 11.1 Å². The molecule has 184 valence electrons. The minimum atomic E-state index is -0.534. The third-order valence-electron chi connectivity index (χ3n) is 5.29. The van der Waals surface area contributed by atoms with Gasteiger partial charge in [-0.25, -0.2) is 4.39 Å². The maximum absolute atomic E-state index is 13.3. The molecule has 2 N–H and O–H groups in total. The molecule has 0 aliphatic rings. The van der Waals surface area contributed by atoms with E-state index >= 15 is 0 Å². The number of ketones is 1. The molecule has 5 nitrogen and oxygen atoms in total. The number of hydrogen-bond acceptors (Lipinski definition) is 4. The molecule has 0 heterocycles. The highest BCUT2D eigenvalue weighted by Gasteiger charge is 2.15. The van der Waals surface area contributed by atoms with E-state index in [4.69, 9.17) is 0 Å². The summed E-state index contributed by atoms with van der Waals surface area (Å²) in [6, 6.07) is 30.3. The Hall–Kier alpha value is -4.49. The Labute approximate surface area is 218 Å². The summed E-state index contributed by atoms with van der Waals surface area (Å²) in [5.41, 5.74) is 2.13. The molecule has 37 heavy (non-hydrogen) atoms. The van der Waals surface area contributed by atoms with Crippen molar-refractivity contribution in [1.82, 2.24) is 5.32 Å². The van der Waals surface area contributed by atoms with Gasteiger partial charge in [0.2, 0.25) is 0 Å². The van der Waals surface area contributed by atoms with Crippen LogP contribution in [0.4, 0.5) is 10.1 Å². The van der Waals surface area contributed by atoms with Crippen molar-refractivity contribution < 1.29 is 18.8 Å². The lowest BCUT2D eigenvalue weighted by molar-refractivity contribution is -0.113. The molecule has 0 saturated heterocycles. The molecule has 4 aromatic rings. The van der Waals surface area contributed by atoms with Crippen LogP contribution in [0.1, 0.15) is 26.3 Å². The quantitative estimate of drug-likeness (QED) is 0.159. The molecule has 4 rings (SSSR count). The number of Topliss-reactive ketones (excluding diaryl/α,β-unsaturated/α-hetero) is 1. The van der Waals surface area contributed by atoms with Crippen molar-refractivity contribution in [3.8, 4) is 0 Å². The van der Waals surface area contributed by atoms with Crippen LogP contribution in [0.3, 0.4) is 0 Å². The van der Waals surface area contributed by atoms with Crippen LogP contribution in [0.25, 0.3) is 6.08 Å². The fourth-order valence-electron chi connectivity index (χ4n) is 3.36. The van der Waals surface area contributed by atoms with E-state index in [9.17, 15) is 18.8 Å². The SMILES string of the molecule is O=C(Nc1ccc(SCC(=O)c2ccccc2)cc1)/C(=C/c1ccc(F)cc1)NC(=O)c1ccccc1. The maximum atomic E-state index is 13.3. The van der Waals surface area contributed by atoms with Crippen molar-refractivity contribution in [2.24, 2.45) is 0 Å². The van der Waals surface area contributed by atoms with Gasteiger partial charge in [-0.05, 0) is 60.2 Å². The van der Waals surface area contributed by atoms with Crippen LogP contribution in [0, 0.1) is 5.82 Å². The van der Waals surface area contributed by atoms with E-state index in [0.29, 0.717) is 28.1 Å². The zero-order chi connectivity index (χ0) is 26.0. The van der Waals surface area contributed by atoms with E-state index in [1.807, 2.05) is 30.3 Å². The number of halogens is 1. The van der Waals surface area contributed by atoms with Gasteiger partial charge in [-0.3, -0.25) is 14.4 Å². The van der Waals surface area contributed by atoms with E-state index in [0.717, 1.165) is 4.90 Å². The average molecular weight is 511 g/mol. The normalized spacial score (nSPS) is 11.0. The fourth-order valence-corrected chi connectivity index (χ4v) is 4.15. The number of nitrogens with one attached hydrogen (secondary N) is 2. The third kappa shape index (κ3) is 7.49. The molecule has 0 aliphatic carbocycles. The van der Waals surface area contributed by atoms with Crippen molar-refractivity contribution >= 4 is 41.1 Å². The second kappa shape index (κ2) is 12.5. The molecule has 0 bridgehead atoms. The van der Waals surface area contributed by atoms with Crippen molar-refractivity contribution in [3.05, 3.63) is 137 Å². The van der Waals surface area contributed by atoms with Crippen LogP contribution in [-0.4, -0.2) is 23.4 Å². The second-order valence-electron chi connectivity index (χ2n) is 7.99. The Morgan fingerprint density at radius 1 is 0.730 bits per heavy atom. The van der Waals surface area contributed by atoms with E-state index < -0.39 is 17.6 Å². The van der Waals surface area contributed by atoms with Crippen LogP contribution >= 0.6 is 11.8 Å². The largest absolute Gasteiger partial charge is 0.321 e. The molecule has 0 fully saturated rings. The average Bonchev–Trinajstić information content (AvgIpc) is 2.94. The molecule has 0 aliphatic heterocycles. The summed E-state index contributed by atoms with van der Waals surface area (Å²) in [5.74, 6) is -1.05. The Bertz CT molecular complexity index is 1410. The molecule has 0 unspecified atom stereocenters. The highest BCUT2D eigenvalue weighted by Crippen LogP contribution is 2.22. The van der Waals surface area contributed by atoms with Crippen molar-refractivity contribution in [2.45, 2.75) is 4.90 Å². The zero-order valence-corrected chi connectivity index (χ0v) is 20.5. The van der Waals surface area contributed by atoms with Crippen LogP contribution in [-0.2, 0) is 4.79 Å². The molecule has 0 atom stereocenters. The van der Waals surface area contributed by atoms with Crippen LogP contribution in [0.2, 0.25) is 0 Å². The highest BCUT2D eigenvalue weighted by molar-refractivity contribution is 8.00. The fraction of sp³-hybridized carbons (Fsp3) is 0.0333. The lowest BCUT2D eigenvalue weighted by Gasteiger charge is -2.12. The number of thioether (sulfide) groups is 1. The Balaban J connectivity index is 1.44. The van der Waals surface area contributed by atoms with Crippen LogP contribution in [0.5, 0.6) is 0 Å². The van der Waals surface area contributed by atoms with E-state index in [-0.39, 0.29) is 11.5 Å². The standard InChI is InChI=1S/C30H23FN2O3S/c31-24-13-11-21(12-14-24)19-27(33-29(35)23-9-5-2-6-10-23)30(36)32-25-15-17-26(18-16-25)37-20-28(34)22-7-3-1-4-8-22/h1-19H,20H2,(H,32,36)(H,33,35)/b27-19-. The second-order valence-corrected chi connectivity index (χ2v) is 9.03. The summed E-state index contributed by atoms with van der Waals surface area (Å²) in [4.78, 5) is 39.0. The molecule has 0 radical (unpaired) electrons. The van der Waals surface area contributed by atoms with Gasteiger partial charge < -0.3 is 10.6 Å². The first-order chi connectivity index (χ1) is 18.0. The van der Waals surface area contributed by atoms with E-state index in [2.05, 4.69) is 10.6 Å². The molecular formula is C30H23FN2O3S. The molecule has 4 aromatic carbocycles. The summed E-state index contributed by atoms with van der Waals surface area (Å²) in [6.45, 7) is 0. The predicted molar refractivity (Wildman–Crippen MR) is 145 cm³/mol. The van der Waals surface area contributed by atoms with Crippen LogP contribution in [0.15, 0.2) is 120 Å². The molecule has 0 saturated carbocycles. The molecule has 0 aromatic heterocycles. The molecule has 7 heteroatoms. The van der Waals surface area contributed by atoms with Gasteiger partial charge in [0.25, 0.3) is 11.8 Å². The lowest BCUT2D eigenvalue weighted by Crippen LogP contribution is -2.30. The lowest BCUT2D eigenvalue weighted by atomic mass is 10.1. The monoisotopic (exact) mass is 510 g/mol. The summed E-state index contributed by atoms with van der Waals surface area (Å²) >= 11 is 1.40. The molecule has 0 spiro atoms. The number of hydrogen-bond donors (Lipinski definition) is 2. The minimum absolute atomic E-state index is 0.00682. The van der Waals surface area contributed by atoms with Gasteiger partial charge in [-0.1, -0.05) is 60.7 Å². The smallest absolute Gasteiger partial charge is 0.272 e. The Kier molecular flexibility index (Phi) is 8.62. The third-order valence-corrected chi connectivity index (χ3v) is 6.30. The van der Waals surface area contributed by atoms with Gasteiger partial charge >= 0.3 is 0 Å². The van der Waals surface area contributed by atoms with E-state index in [1.165, 1.54) is 42.1 Å². The Morgan fingerprint density at radius 3 is 1.95 bits per heavy atom. The summed E-state index contributed by atoms with van der Waals surface area (Å²) in [7, 11) is 0. The Morgan fingerprint density at radius 2 is 1.32 bits per heavy atom. The number of rotatable bonds is 9. The van der Waals surface area contributed by atoms with Crippen molar-refractivity contribution in [3.63, 3.8) is 0 Å². The number of carbonyl (C=O) groups is 3. The van der Waals surface area contributed by atoms with Gasteiger partial charge in [-0.15, -0.1) is 11.8 Å². The van der Waals surface area contributed by atoms with E-state index in [1.54, 1.807) is 54.6 Å². The number of benzene rings is 4. The maximum Gasteiger partial charge on any atom is 0.272 e. The summed E-state index contributed by atoms with van der Waals surface area (Å²) in [5, 5.41) is 5.43. The summed E-state index contributed by atoms with van der Waals surface area (Å²) in [6.07, 6.45) is 1.48. The first kappa shape index (κ1) is 25.6. The highest BCUT2D eigenvalue weighted by atomic mass is 32.2. The van der Waals surface area contributed by atoms with Gasteiger partial charge in [0.05, 0.1) is 5.75 Å². The number of carbonyl (C=O) groups excluding carboxylic acids is 3. The van der Waals surface area contributed by atoms with Gasteiger partial charge in [0.1, 0.15) is 11.5 Å². The first-order valence-corrected chi connectivity index (χ1v) is 12.4.